The SMILES string of the molecule is CCc1cc(CC(N)C2CCCCCCC2)n(CC)n1. The highest BCUT2D eigenvalue weighted by atomic mass is 15.3. The lowest BCUT2D eigenvalue weighted by Gasteiger charge is -2.26. The average Bonchev–Trinajstić information content (AvgIpc) is 2.80. The fourth-order valence-electron chi connectivity index (χ4n) is 3.45. The molecular weight excluding hydrogens is 246 g/mol. The molecule has 1 aromatic heterocycles. The second kappa shape index (κ2) is 7.82. The Bertz CT molecular complexity index is 389. The quantitative estimate of drug-likeness (QED) is 0.892. The first-order chi connectivity index (χ1) is 9.74. The van der Waals surface area contributed by atoms with Crippen LogP contribution in [0.5, 0.6) is 0 Å². The van der Waals surface area contributed by atoms with Crippen LogP contribution in [0.15, 0.2) is 6.07 Å². The highest BCUT2D eigenvalue weighted by Gasteiger charge is 2.20. The summed E-state index contributed by atoms with van der Waals surface area (Å²) in [5.41, 5.74) is 9.07. The number of aryl methyl sites for hydroxylation is 2. The maximum atomic E-state index is 6.53. The molecule has 0 radical (unpaired) electrons. The topological polar surface area (TPSA) is 43.8 Å². The van der Waals surface area contributed by atoms with Crippen molar-refractivity contribution in [2.45, 2.75) is 84.2 Å². The molecule has 1 unspecified atom stereocenters. The molecule has 0 aromatic carbocycles. The van der Waals surface area contributed by atoms with Crippen LogP contribution >= 0.6 is 0 Å². The van der Waals surface area contributed by atoms with E-state index in [0.29, 0.717) is 12.0 Å². The Labute approximate surface area is 123 Å². The van der Waals surface area contributed by atoms with Crippen molar-refractivity contribution in [3.63, 3.8) is 0 Å². The maximum absolute atomic E-state index is 6.53. The number of hydrogen-bond donors (Lipinski definition) is 1. The van der Waals surface area contributed by atoms with Crippen molar-refractivity contribution in [2.24, 2.45) is 11.7 Å². The van der Waals surface area contributed by atoms with Crippen LogP contribution < -0.4 is 5.73 Å². The van der Waals surface area contributed by atoms with E-state index in [1.54, 1.807) is 0 Å². The normalized spacial score (nSPS) is 19.6. The Morgan fingerprint density at radius 1 is 1.20 bits per heavy atom. The van der Waals surface area contributed by atoms with E-state index in [2.05, 4.69) is 29.7 Å². The third-order valence-corrected chi connectivity index (χ3v) is 4.78. The van der Waals surface area contributed by atoms with Crippen molar-refractivity contribution in [3.05, 3.63) is 17.5 Å². The summed E-state index contributed by atoms with van der Waals surface area (Å²) in [6.45, 7) is 5.28. The summed E-state index contributed by atoms with van der Waals surface area (Å²) in [7, 11) is 0. The molecule has 1 aliphatic rings. The number of nitrogens with two attached hydrogens (primary N) is 1. The van der Waals surface area contributed by atoms with Gasteiger partial charge in [0.1, 0.15) is 0 Å². The zero-order valence-electron chi connectivity index (χ0n) is 13.3. The number of rotatable bonds is 5. The minimum Gasteiger partial charge on any atom is -0.327 e. The molecular formula is C17H31N3. The lowest BCUT2D eigenvalue weighted by molar-refractivity contribution is 0.318. The summed E-state index contributed by atoms with van der Waals surface area (Å²) >= 11 is 0. The largest absolute Gasteiger partial charge is 0.327 e. The van der Waals surface area contributed by atoms with Gasteiger partial charge in [0.2, 0.25) is 0 Å². The second-order valence-corrected chi connectivity index (χ2v) is 6.27. The van der Waals surface area contributed by atoms with Crippen molar-refractivity contribution in [1.29, 1.82) is 0 Å². The van der Waals surface area contributed by atoms with E-state index in [-0.39, 0.29) is 0 Å². The standard InChI is InChI=1S/C17H31N3/c1-3-15-12-16(20(4-2)19-15)13-17(18)14-10-8-6-5-7-9-11-14/h12,14,17H,3-11,13,18H2,1-2H3. The molecule has 20 heavy (non-hydrogen) atoms. The first-order valence-corrected chi connectivity index (χ1v) is 8.55. The van der Waals surface area contributed by atoms with Crippen LogP contribution in [-0.2, 0) is 19.4 Å². The van der Waals surface area contributed by atoms with Crippen LogP contribution in [0.4, 0.5) is 0 Å². The van der Waals surface area contributed by atoms with Gasteiger partial charge in [0.15, 0.2) is 0 Å². The van der Waals surface area contributed by atoms with E-state index >= 15 is 0 Å². The Hall–Kier alpha value is -0.830. The minimum atomic E-state index is 0.305. The van der Waals surface area contributed by atoms with Gasteiger partial charge in [-0.25, -0.2) is 0 Å². The zero-order chi connectivity index (χ0) is 14.4. The molecule has 114 valence electrons. The average molecular weight is 277 g/mol. The van der Waals surface area contributed by atoms with Crippen molar-refractivity contribution in [2.75, 3.05) is 0 Å². The van der Waals surface area contributed by atoms with Crippen molar-refractivity contribution in [3.8, 4) is 0 Å². The molecule has 2 N–H and O–H groups in total. The first kappa shape index (κ1) is 15.6. The lowest BCUT2D eigenvalue weighted by atomic mass is 9.84. The van der Waals surface area contributed by atoms with E-state index < -0.39 is 0 Å². The smallest absolute Gasteiger partial charge is 0.0624 e. The fourth-order valence-corrected chi connectivity index (χ4v) is 3.45. The molecule has 0 bridgehead atoms. The number of hydrogen-bond acceptors (Lipinski definition) is 2. The number of nitrogens with zero attached hydrogens (tertiary/aromatic N) is 2. The Morgan fingerprint density at radius 2 is 1.85 bits per heavy atom. The summed E-state index contributed by atoms with van der Waals surface area (Å²) in [6, 6.07) is 2.56. The highest BCUT2D eigenvalue weighted by Crippen LogP contribution is 2.25. The first-order valence-electron chi connectivity index (χ1n) is 8.55. The van der Waals surface area contributed by atoms with Gasteiger partial charge in [-0.2, -0.15) is 5.10 Å². The van der Waals surface area contributed by atoms with Gasteiger partial charge in [-0.1, -0.05) is 39.0 Å². The highest BCUT2D eigenvalue weighted by molar-refractivity contribution is 5.12. The van der Waals surface area contributed by atoms with Crippen molar-refractivity contribution >= 4 is 0 Å². The Kier molecular flexibility index (Phi) is 6.08. The van der Waals surface area contributed by atoms with Gasteiger partial charge in [-0.3, -0.25) is 4.68 Å². The van der Waals surface area contributed by atoms with Gasteiger partial charge in [-0.05, 0) is 38.2 Å². The van der Waals surface area contributed by atoms with Gasteiger partial charge in [-0.15, -0.1) is 0 Å². The van der Waals surface area contributed by atoms with Crippen LogP contribution in [0, 0.1) is 5.92 Å². The van der Waals surface area contributed by atoms with Crippen LogP contribution in [0.3, 0.4) is 0 Å². The predicted octanol–water partition coefficient (Wildman–Crippen LogP) is 3.70. The second-order valence-electron chi connectivity index (χ2n) is 6.27. The third-order valence-electron chi connectivity index (χ3n) is 4.78. The van der Waals surface area contributed by atoms with Gasteiger partial charge in [0.25, 0.3) is 0 Å². The predicted molar refractivity (Wildman–Crippen MR) is 84.8 cm³/mol. The summed E-state index contributed by atoms with van der Waals surface area (Å²) in [4.78, 5) is 0. The zero-order valence-corrected chi connectivity index (χ0v) is 13.3. The monoisotopic (exact) mass is 277 g/mol. The molecule has 0 amide bonds. The van der Waals surface area contributed by atoms with Gasteiger partial charge < -0.3 is 5.73 Å². The van der Waals surface area contributed by atoms with E-state index in [1.165, 1.54) is 56.3 Å². The van der Waals surface area contributed by atoms with E-state index in [0.717, 1.165) is 19.4 Å². The van der Waals surface area contributed by atoms with Gasteiger partial charge >= 0.3 is 0 Å². The van der Waals surface area contributed by atoms with Crippen LogP contribution in [0.25, 0.3) is 0 Å². The molecule has 0 spiro atoms. The van der Waals surface area contributed by atoms with Crippen LogP contribution in [0.2, 0.25) is 0 Å². The van der Waals surface area contributed by atoms with E-state index in [4.69, 9.17) is 5.73 Å². The van der Waals surface area contributed by atoms with Crippen molar-refractivity contribution in [1.82, 2.24) is 9.78 Å². The van der Waals surface area contributed by atoms with E-state index in [9.17, 15) is 0 Å². The minimum absolute atomic E-state index is 0.305. The van der Waals surface area contributed by atoms with Crippen LogP contribution in [-0.4, -0.2) is 15.8 Å². The molecule has 0 saturated heterocycles. The molecule has 3 nitrogen and oxygen atoms in total. The summed E-state index contributed by atoms with van der Waals surface area (Å²) < 4.78 is 2.14. The summed E-state index contributed by atoms with van der Waals surface area (Å²) in [5, 5.41) is 4.64. The van der Waals surface area contributed by atoms with Gasteiger partial charge in [0, 0.05) is 24.7 Å². The lowest BCUT2D eigenvalue weighted by Crippen LogP contribution is -2.33. The Morgan fingerprint density at radius 3 is 2.45 bits per heavy atom. The molecule has 3 heteroatoms. The number of aromatic nitrogens is 2. The third kappa shape index (κ3) is 4.08. The Balaban J connectivity index is 1.98. The molecule has 1 atom stereocenters. The van der Waals surface area contributed by atoms with E-state index in [1.807, 2.05) is 0 Å². The fraction of sp³-hybridized carbons (Fsp3) is 0.824. The van der Waals surface area contributed by atoms with Crippen molar-refractivity contribution < 1.29 is 0 Å². The molecule has 1 saturated carbocycles. The van der Waals surface area contributed by atoms with Gasteiger partial charge in [0.05, 0.1) is 5.69 Å². The maximum Gasteiger partial charge on any atom is 0.0624 e. The molecule has 1 fully saturated rings. The molecule has 1 heterocycles. The molecule has 1 aliphatic carbocycles. The van der Waals surface area contributed by atoms with Crippen LogP contribution in [0.1, 0.15) is 70.2 Å². The summed E-state index contributed by atoms with van der Waals surface area (Å²) in [5.74, 6) is 0.709. The summed E-state index contributed by atoms with van der Waals surface area (Å²) in [6.07, 6.45) is 11.6. The molecule has 0 aliphatic heterocycles. The molecule has 2 rings (SSSR count). The molecule has 1 aromatic rings.